The number of hydrogen-bond donors (Lipinski definition) is 0. The molecule has 0 saturated carbocycles. The third-order valence-electron chi connectivity index (χ3n) is 4.28. The minimum atomic E-state index is -0.118. The Balaban J connectivity index is 1.73. The number of hydrogen-bond acceptors (Lipinski definition) is 4. The molecule has 0 radical (unpaired) electrons. The average Bonchev–Trinajstić information content (AvgIpc) is 3.00. The van der Waals surface area contributed by atoms with Gasteiger partial charge in [0.1, 0.15) is 5.75 Å². The van der Waals surface area contributed by atoms with Crippen LogP contribution in [0.15, 0.2) is 36.5 Å². The van der Waals surface area contributed by atoms with Crippen molar-refractivity contribution in [2.45, 2.75) is 19.4 Å². The number of fused-ring (bicyclic) bond motifs is 1. The van der Waals surface area contributed by atoms with Gasteiger partial charge in [0.15, 0.2) is 6.61 Å². The van der Waals surface area contributed by atoms with Crippen LogP contribution in [0.2, 0.25) is 0 Å². The summed E-state index contributed by atoms with van der Waals surface area (Å²) < 4.78 is 13.1. The van der Waals surface area contributed by atoms with Crippen molar-refractivity contribution in [2.75, 3.05) is 26.4 Å². The Morgan fingerprint density at radius 1 is 1.33 bits per heavy atom. The molecule has 1 aromatic carbocycles. The van der Waals surface area contributed by atoms with Crippen molar-refractivity contribution in [3.8, 4) is 5.75 Å². The van der Waals surface area contributed by atoms with Crippen molar-refractivity contribution in [3.05, 3.63) is 47.8 Å². The summed E-state index contributed by atoms with van der Waals surface area (Å²) in [6, 6.07) is 9.27. The highest BCUT2D eigenvalue weighted by atomic mass is 16.5. The summed E-state index contributed by atoms with van der Waals surface area (Å²) in [6.45, 7) is 3.73. The van der Waals surface area contributed by atoms with E-state index < -0.39 is 0 Å². The standard InChI is InChI=1S/C18H23N3O3/c1-3-23-12-16-18-14(11-19-20(18)2)9-10-21(16)17(22)13-24-15-7-5-4-6-8-15/h4-8,11,16H,3,9-10,12-13H2,1-2H3. The van der Waals surface area contributed by atoms with E-state index in [0.717, 1.165) is 12.1 Å². The molecule has 1 unspecified atom stereocenters. The third kappa shape index (κ3) is 3.43. The molecule has 1 aromatic heterocycles. The number of benzene rings is 1. The predicted octanol–water partition coefficient (Wildman–Crippen LogP) is 1.96. The van der Waals surface area contributed by atoms with Crippen LogP contribution < -0.4 is 4.74 Å². The van der Waals surface area contributed by atoms with Crippen LogP contribution in [0.4, 0.5) is 0 Å². The molecular weight excluding hydrogens is 306 g/mol. The Kier molecular flexibility index (Phi) is 5.15. The second-order valence-corrected chi connectivity index (χ2v) is 5.79. The molecule has 0 spiro atoms. The van der Waals surface area contributed by atoms with Gasteiger partial charge in [-0.1, -0.05) is 18.2 Å². The summed E-state index contributed by atoms with van der Waals surface area (Å²) in [5, 5.41) is 4.34. The molecule has 6 nitrogen and oxygen atoms in total. The maximum atomic E-state index is 12.7. The molecule has 1 aliphatic heterocycles. The summed E-state index contributed by atoms with van der Waals surface area (Å²) in [4.78, 5) is 14.6. The average molecular weight is 329 g/mol. The van der Waals surface area contributed by atoms with Gasteiger partial charge in [-0.05, 0) is 31.0 Å². The van der Waals surface area contributed by atoms with Gasteiger partial charge in [-0.3, -0.25) is 9.48 Å². The number of rotatable bonds is 6. The lowest BCUT2D eigenvalue weighted by Gasteiger charge is -2.35. The number of ether oxygens (including phenoxy) is 2. The van der Waals surface area contributed by atoms with Gasteiger partial charge in [-0.15, -0.1) is 0 Å². The molecule has 0 bridgehead atoms. The number of carbonyl (C=O) groups excluding carboxylic acids is 1. The molecule has 1 aliphatic rings. The van der Waals surface area contributed by atoms with Crippen LogP contribution in [0.3, 0.4) is 0 Å². The highest BCUT2D eigenvalue weighted by molar-refractivity contribution is 5.78. The van der Waals surface area contributed by atoms with Crippen LogP contribution in [0.5, 0.6) is 5.75 Å². The first-order valence-electron chi connectivity index (χ1n) is 8.26. The molecule has 3 rings (SSSR count). The first-order valence-corrected chi connectivity index (χ1v) is 8.26. The van der Waals surface area contributed by atoms with Crippen LogP contribution in [0, 0.1) is 0 Å². The summed E-state index contributed by atoms with van der Waals surface area (Å²) in [5.41, 5.74) is 2.25. The predicted molar refractivity (Wildman–Crippen MR) is 89.8 cm³/mol. The monoisotopic (exact) mass is 329 g/mol. The minimum absolute atomic E-state index is 0.0276. The maximum absolute atomic E-state index is 12.7. The van der Waals surface area contributed by atoms with E-state index in [1.165, 1.54) is 5.56 Å². The topological polar surface area (TPSA) is 56.6 Å². The highest BCUT2D eigenvalue weighted by Gasteiger charge is 2.33. The lowest BCUT2D eigenvalue weighted by atomic mass is 10.00. The second kappa shape index (κ2) is 7.49. The molecule has 1 amide bonds. The molecule has 2 aromatic rings. The first-order chi connectivity index (χ1) is 11.7. The number of aryl methyl sites for hydroxylation is 1. The summed E-state index contributed by atoms with van der Waals surface area (Å²) >= 11 is 0. The van der Waals surface area contributed by atoms with Crippen molar-refractivity contribution >= 4 is 5.91 Å². The molecule has 0 aliphatic carbocycles. The number of carbonyl (C=O) groups is 1. The van der Waals surface area contributed by atoms with Crippen molar-refractivity contribution in [1.82, 2.24) is 14.7 Å². The largest absolute Gasteiger partial charge is 0.484 e. The van der Waals surface area contributed by atoms with Crippen molar-refractivity contribution in [1.29, 1.82) is 0 Å². The second-order valence-electron chi connectivity index (χ2n) is 5.79. The molecule has 0 saturated heterocycles. The van der Waals surface area contributed by atoms with E-state index in [9.17, 15) is 4.79 Å². The molecule has 0 fully saturated rings. The van der Waals surface area contributed by atoms with Gasteiger partial charge in [-0.2, -0.15) is 5.10 Å². The fourth-order valence-electron chi connectivity index (χ4n) is 3.10. The Morgan fingerprint density at radius 2 is 2.12 bits per heavy atom. The van der Waals surface area contributed by atoms with Crippen LogP contribution in [0.1, 0.15) is 24.2 Å². The van der Waals surface area contributed by atoms with E-state index in [2.05, 4.69) is 5.10 Å². The van der Waals surface area contributed by atoms with E-state index in [0.29, 0.717) is 25.5 Å². The van der Waals surface area contributed by atoms with Gasteiger partial charge in [-0.25, -0.2) is 0 Å². The van der Waals surface area contributed by atoms with Crippen molar-refractivity contribution < 1.29 is 14.3 Å². The van der Waals surface area contributed by atoms with Gasteiger partial charge in [0.2, 0.25) is 0 Å². The van der Waals surface area contributed by atoms with Gasteiger partial charge < -0.3 is 14.4 Å². The van der Waals surface area contributed by atoms with E-state index >= 15 is 0 Å². The van der Waals surface area contributed by atoms with E-state index in [4.69, 9.17) is 9.47 Å². The maximum Gasteiger partial charge on any atom is 0.261 e. The van der Waals surface area contributed by atoms with Crippen molar-refractivity contribution in [2.24, 2.45) is 7.05 Å². The SMILES string of the molecule is CCOCC1c2c(cnn2C)CCN1C(=O)COc1ccccc1. The highest BCUT2D eigenvalue weighted by Crippen LogP contribution is 2.29. The normalized spacial score (nSPS) is 16.8. The quantitative estimate of drug-likeness (QED) is 0.813. The summed E-state index contributed by atoms with van der Waals surface area (Å²) in [6.07, 6.45) is 2.69. The van der Waals surface area contributed by atoms with Crippen molar-refractivity contribution in [3.63, 3.8) is 0 Å². The third-order valence-corrected chi connectivity index (χ3v) is 4.28. The minimum Gasteiger partial charge on any atom is -0.484 e. The number of nitrogens with zero attached hydrogens (tertiary/aromatic N) is 3. The number of para-hydroxylation sites is 1. The number of aromatic nitrogens is 2. The van der Waals surface area contributed by atoms with Crippen LogP contribution in [-0.2, 0) is 23.0 Å². The molecule has 128 valence electrons. The number of amides is 1. The fourth-order valence-corrected chi connectivity index (χ4v) is 3.10. The zero-order valence-electron chi connectivity index (χ0n) is 14.1. The van der Waals surface area contributed by atoms with Gasteiger partial charge in [0, 0.05) is 20.2 Å². The smallest absolute Gasteiger partial charge is 0.261 e. The molecular formula is C18H23N3O3. The van der Waals surface area contributed by atoms with E-state index in [1.807, 2.05) is 60.1 Å². The Bertz CT molecular complexity index is 684. The summed E-state index contributed by atoms with van der Waals surface area (Å²) in [5.74, 6) is 0.667. The lowest BCUT2D eigenvalue weighted by molar-refractivity contribution is -0.138. The molecule has 1 atom stereocenters. The van der Waals surface area contributed by atoms with Crippen LogP contribution >= 0.6 is 0 Å². The summed E-state index contributed by atoms with van der Waals surface area (Å²) in [7, 11) is 1.91. The molecule has 2 heterocycles. The molecule has 6 heteroatoms. The van der Waals surface area contributed by atoms with Gasteiger partial charge in [0.25, 0.3) is 5.91 Å². The zero-order chi connectivity index (χ0) is 16.9. The van der Waals surface area contributed by atoms with E-state index in [1.54, 1.807) is 0 Å². The van der Waals surface area contributed by atoms with E-state index in [-0.39, 0.29) is 18.6 Å². The molecule has 24 heavy (non-hydrogen) atoms. The van der Waals surface area contributed by atoms with Gasteiger partial charge >= 0.3 is 0 Å². The Labute approximate surface area is 142 Å². The first kappa shape index (κ1) is 16.5. The fraction of sp³-hybridized carbons (Fsp3) is 0.444. The Morgan fingerprint density at radius 3 is 2.88 bits per heavy atom. The van der Waals surface area contributed by atoms with Gasteiger partial charge in [0.05, 0.1) is 24.5 Å². The lowest BCUT2D eigenvalue weighted by Crippen LogP contribution is -2.44. The molecule has 0 N–H and O–H groups in total. The van der Waals surface area contributed by atoms with Crippen LogP contribution in [-0.4, -0.2) is 47.0 Å². The zero-order valence-corrected chi connectivity index (χ0v) is 14.1. The Hall–Kier alpha value is -2.34. The van der Waals surface area contributed by atoms with Crippen LogP contribution in [0.25, 0.3) is 0 Å².